The zero-order valence-electron chi connectivity index (χ0n) is 11.7. The molecule has 1 heterocycles. The van der Waals surface area contributed by atoms with Crippen molar-refractivity contribution in [2.45, 2.75) is 33.1 Å². The van der Waals surface area contributed by atoms with E-state index in [0.29, 0.717) is 10.7 Å². The van der Waals surface area contributed by atoms with Gasteiger partial charge >= 0.3 is 0 Å². The molecule has 0 aliphatic heterocycles. The summed E-state index contributed by atoms with van der Waals surface area (Å²) in [4.78, 5) is 4.45. The van der Waals surface area contributed by atoms with Crippen molar-refractivity contribution in [1.82, 2.24) is 4.98 Å². The van der Waals surface area contributed by atoms with Crippen LogP contribution in [0.15, 0.2) is 30.3 Å². The predicted molar refractivity (Wildman–Crippen MR) is 79.8 cm³/mol. The fourth-order valence-corrected chi connectivity index (χ4v) is 2.13. The Morgan fingerprint density at radius 3 is 2.21 bits per heavy atom. The van der Waals surface area contributed by atoms with E-state index in [2.05, 4.69) is 25.8 Å². The van der Waals surface area contributed by atoms with Crippen LogP contribution < -0.4 is 0 Å². The monoisotopic (exact) mass is 275 g/mol. The standard InChI is InChI=1S/C16H18ClNO/c1-10-15(19)13(16(2,3)4)9-14(18-10)11-5-7-12(17)8-6-11/h5-9,19H,1-4H3. The number of halogens is 1. The second-order valence-electron chi connectivity index (χ2n) is 5.75. The van der Waals surface area contributed by atoms with E-state index in [0.717, 1.165) is 16.8 Å². The van der Waals surface area contributed by atoms with E-state index in [1.165, 1.54) is 0 Å². The first-order valence-corrected chi connectivity index (χ1v) is 6.64. The van der Waals surface area contributed by atoms with Crippen molar-refractivity contribution >= 4 is 11.6 Å². The molecule has 0 aliphatic carbocycles. The summed E-state index contributed by atoms with van der Waals surface area (Å²) in [5.41, 5.74) is 3.29. The molecule has 0 aliphatic rings. The van der Waals surface area contributed by atoms with Gasteiger partial charge in [-0.1, -0.05) is 44.5 Å². The third-order valence-corrected chi connectivity index (χ3v) is 3.37. The quantitative estimate of drug-likeness (QED) is 0.817. The summed E-state index contributed by atoms with van der Waals surface area (Å²) in [6.45, 7) is 8.05. The summed E-state index contributed by atoms with van der Waals surface area (Å²) in [5.74, 6) is 0.283. The average molecular weight is 276 g/mol. The number of benzene rings is 1. The Bertz CT molecular complexity index is 597. The zero-order valence-corrected chi connectivity index (χ0v) is 12.4. The molecule has 100 valence electrons. The molecule has 2 nitrogen and oxygen atoms in total. The fourth-order valence-electron chi connectivity index (χ4n) is 2.01. The van der Waals surface area contributed by atoms with Crippen LogP contribution in [-0.2, 0) is 5.41 Å². The van der Waals surface area contributed by atoms with Crippen molar-refractivity contribution in [3.8, 4) is 17.0 Å². The highest BCUT2D eigenvalue weighted by atomic mass is 35.5. The number of rotatable bonds is 1. The Morgan fingerprint density at radius 2 is 1.68 bits per heavy atom. The van der Waals surface area contributed by atoms with Crippen molar-refractivity contribution in [1.29, 1.82) is 0 Å². The van der Waals surface area contributed by atoms with Gasteiger partial charge in [-0.2, -0.15) is 0 Å². The van der Waals surface area contributed by atoms with Gasteiger partial charge in [0.1, 0.15) is 5.75 Å². The predicted octanol–water partition coefficient (Wildman–Crippen LogP) is 4.71. The molecule has 2 aromatic rings. The van der Waals surface area contributed by atoms with Crippen LogP contribution in [0.4, 0.5) is 0 Å². The molecule has 0 unspecified atom stereocenters. The minimum atomic E-state index is -0.126. The molecule has 0 radical (unpaired) electrons. The molecule has 19 heavy (non-hydrogen) atoms. The van der Waals surface area contributed by atoms with Gasteiger partial charge < -0.3 is 5.11 Å². The maximum Gasteiger partial charge on any atom is 0.140 e. The molecule has 0 atom stereocenters. The van der Waals surface area contributed by atoms with E-state index >= 15 is 0 Å². The summed E-state index contributed by atoms with van der Waals surface area (Å²) in [6, 6.07) is 9.52. The third kappa shape index (κ3) is 2.90. The maximum atomic E-state index is 10.2. The second kappa shape index (κ2) is 4.86. The molecule has 0 amide bonds. The molecule has 0 saturated carbocycles. The lowest BCUT2D eigenvalue weighted by atomic mass is 9.85. The molecule has 1 aromatic carbocycles. The number of pyridine rings is 1. The summed E-state index contributed by atoms with van der Waals surface area (Å²) < 4.78 is 0. The fraction of sp³-hybridized carbons (Fsp3) is 0.312. The summed E-state index contributed by atoms with van der Waals surface area (Å²) in [6.07, 6.45) is 0. The van der Waals surface area contributed by atoms with Crippen LogP contribution in [-0.4, -0.2) is 10.1 Å². The van der Waals surface area contributed by atoms with E-state index < -0.39 is 0 Å². The maximum absolute atomic E-state index is 10.2. The van der Waals surface area contributed by atoms with Crippen LogP contribution in [0, 0.1) is 6.92 Å². The van der Waals surface area contributed by atoms with Gasteiger partial charge in [0.05, 0.1) is 11.4 Å². The van der Waals surface area contributed by atoms with Gasteiger partial charge in [0, 0.05) is 16.1 Å². The molecule has 0 bridgehead atoms. The highest BCUT2D eigenvalue weighted by Crippen LogP contribution is 2.35. The normalized spacial score (nSPS) is 11.6. The number of aryl methyl sites for hydroxylation is 1. The largest absolute Gasteiger partial charge is 0.506 e. The minimum absolute atomic E-state index is 0.126. The van der Waals surface area contributed by atoms with Crippen molar-refractivity contribution in [3.63, 3.8) is 0 Å². The number of hydrogen-bond acceptors (Lipinski definition) is 2. The molecule has 3 heteroatoms. The van der Waals surface area contributed by atoms with Crippen LogP contribution in [0.25, 0.3) is 11.3 Å². The van der Waals surface area contributed by atoms with Gasteiger partial charge in [0.2, 0.25) is 0 Å². The highest BCUT2D eigenvalue weighted by Gasteiger charge is 2.21. The van der Waals surface area contributed by atoms with Crippen LogP contribution in [0.3, 0.4) is 0 Å². The Kier molecular flexibility index (Phi) is 3.55. The average Bonchev–Trinajstić information content (AvgIpc) is 2.32. The topological polar surface area (TPSA) is 33.1 Å². The molecule has 0 fully saturated rings. The SMILES string of the molecule is Cc1nc(-c2ccc(Cl)cc2)cc(C(C)(C)C)c1O. The van der Waals surface area contributed by atoms with E-state index in [1.54, 1.807) is 0 Å². The van der Waals surface area contributed by atoms with E-state index in [1.807, 2.05) is 37.3 Å². The van der Waals surface area contributed by atoms with Crippen molar-refractivity contribution in [2.75, 3.05) is 0 Å². The Balaban J connectivity index is 2.60. The molecular formula is C16H18ClNO. The minimum Gasteiger partial charge on any atom is -0.506 e. The molecule has 1 N–H and O–H groups in total. The van der Waals surface area contributed by atoms with Crippen LogP contribution in [0.2, 0.25) is 5.02 Å². The number of nitrogens with zero attached hydrogens (tertiary/aromatic N) is 1. The van der Waals surface area contributed by atoms with Crippen molar-refractivity contribution < 1.29 is 5.11 Å². The van der Waals surface area contributed by atoms with Crippen LogP contribution in [0.5, 0.6) is 5.75 Å². The van der Waals surface area contributed by atoms with Crippen LogP contribution >= 0.6 is 11.6 Å². The Morgan fingerprint density at radius 1 is 1.11 bits per heavy atom. The van der Waals surface area contributed by atoms with Gasteiger partial charge in [-0.3, -0.25) is 0 Å². The van der Waals surface area contributed by atoms with E-state index in [4.69, 9.17) is 11.6 Å². The van der Waals surface area contributed by atoms with Gasteiger partial charge in [0.15, 0.2) is 0 Å². The van der Waals surface area contributed by atoms with E-state index in [9.17, 15) is 5.11 Å². The molecule has 1 aromatic heterocycles. The lowest BCUT2D eigenvalue weighted by Gasteiger charge is -2.22. The first-order chi connectivity index (χ1) is 8.79. The van der Waals surface area contributed by atoms with Gasteiger partial charge in [0.25, 0.3) is 0 Å². The third-order valence-electron chi connectivity index (χ3n) is 3.12. The molecule has 0 saturated heterocycles. The summed E-state index contributed by atoms with van der Waals surface area (Å²) in [7, 11) is 0. The summed E-state index contributed by atoms with van der Waals surface area (Å²) >= 11 is 5.90. The number of aromatic nitrogens is 1. The van der Waals surface area contributed by atoms with E-state index in [-0.39, 0.29) is 11.2 Å². The molecule has 2 rings (SSSR count). The Hall–Kier alpha value is -1.54. The lowest BCUT2D eigenvalue weighted by Crippen LogP contribution is -2.12. The number of aromatic hydroxyl groups is 1. The van der Waals surface area contributed by atoms with Gasteiger partial charge in [-0.25, -0.2) is 4.98 Å². The van der Waals surface area contributed by atoms with Gasteiger partial charge in [-0.05, 0) is 30.5 Å². The van der Waals surface area contributed by atoms with Crippen LogP contribution in [0.1, 0.15) is 32.0 Å². The first kappa shape index (κ1) is 13.9. The van der Waals surface area contributed by atoms with Crippen molar-refractivity contribution in [3.05, 3.63) is 46.6 Å². The highest BCUT2D eigenvalue weighted by molar-refractivity contribution is 6.30. The first-order valence-electron chi connectivity index (χ1n) is 6.26. The lowest BCUT2D eigenvalue weighted by molar-refractivity contribution is 0.439. The second-order valence-corrected chi connectivity index (χ2v) is 6.18. The zero-order chi connectivity index (χ0) is 14.2. The smallest absolute Gasteiger partial charge is 0.140 e. The molecule has 0 spiro atoms. The Labute approximate surface area is 119 Å². The summed E-state index contributed by atoms with van der Waals surface area (Å²) in [5, 5.41) is 10.9. The van der Waals surface area contributed by atoms with Crippen molar-refractivity contribution in [2.24, 2.45) is 0 Å². The molecular weight excluding hydrogens is 258 g/mol. The van der Waals surface area contributed by atoms with Gasteiger partial charge in [-0.15, -0.1) is 0 Å². The number of hydrogen-bond donors (Lipinski definition) is 1.